The van der Waals surface area contributed by atoms with E-state index in [0.29, 0.717) is 24.5 Å². The molecule has 31 heavy (non-hydrogen) atoms. The topological polar surface area (TPSA) is 67.6 Å². The van der Waals surface area contributed by atoms with E-state index in [4.69, 9.17) is 9.26 Å². The molecule has 1 aromatic heterocycles. The van der Waals surface area contributed by atoms with E-state index >= 15 is 0 Å². The van der Waals surface area contributed by atoms with Gasteiger partial charge in [-0.3, -0.25) is 9.69 Å². The van der Waals surface area contributed by atoms with Gasteiger partial charge in [-0.1, -0.05) is 49.3 Å². The van der Waals surface area contributed by atoms with Crippen LogP contribution in [0.5, 0.6) is 5.75 Å². The summed E-state index contributed by atoms with van der Waals surface area (Å²) < 4.78 is 11.0. The largest absolute Gasteiger partial charge is 0.489 e. The Morgan fingerprint density at radius 1 is 1.06 bits per heavy atom. The van der Waals surface area contributed by atoms with E-state index in [-0.39, 0.29) is 5.91 Å². The van der Waals surface area contributed by atoms with Crippen LogP contribution in [0.25, 0.3) is 0 Å². The highest BCUT2D eigenvalue weighted by Crippen LogP contribution is 2.19. The van der Waals surface area contributed by atoms with Gasteiger partial charge in [-0.05, 0) is 56.3 Å². The summed E-state index contributed by atoms with van der Waals surface area (Å²) in [6, 6.07) is 15.5. The number of amides is 1. The summed E-state index contributed by atoms with van der Waals surface area (Å²) in [5.74, 6) is 1.25. The van der Waals surface area contributed by atoms with Crippen LogP contribution in [-0.4, -0.2) is 29.1 Å². The predicted octanol–water partition coefficient (Wildman–Crippen LogP) is 4.64. The molecule has 3 rings (SSSR count). The van der Waals surface area contributed by atoms with Crippen molar-refractivity contribution in [1.29, 1.82) is 0 Å². The number of carbonyl (C=O) groups excluding carboxylic acids is 1. The van der Waals surface area contributed by atoms with Crippen LogP contribution in [0, 0.1) is 13.8 Å². The lowest BCUT2D eigenvalue weighted by atomic mass is 10.1. The molecule has 0 saturated carbocycles. The van der Waals surface area contributed by atoms with Gasteiger partial charge in [0.2, 0.25) is 0 Å². The molecule has 3 aromatic rings. The molecule has 0 saturated heterocycles. The lowest BCUT2D eigenvalue weighted by Crippen LogP contribution is -2.26. The van der Waals surface area contributed by atoms with E-state index in [9.17, 15) is 4.79 Å². The molecule has 0 aliphatic heterocycles. The molecule has 0 fully saturated rings. The second-order valence-electron chi connectivity index (χ2n) is 7.53. The van der Waals surface area contributed by atoms with Crippen LogP contribution in [0.4, 0.5) is 0 Å². The summed E-state index contributed by atoms with van der Waals surface area (Å²) in [4.78, 5) is 15.1. The van der Waals surface area contributed by atoms with Crippen LogP contribution in [-0.2, 0) is 19.7 Å². The van der Waals surface area contributed by atoms with Gasteiger partial charge in [-0.2, -0.15) is 0 Å². The van der Waals surface area contributed by atoms with Crippen molar-refractivity contribution in [1.82, 2.24) is 15.4 Å². The molecule has 6 nitrogen and oxygen atoms in total. The third-order valence-electron chi connectivity index (χ3n) is 5.51. The molecular formula is C25H31N3O3. The second kappa shape index (κ2) is 10.8. The van der Waals surface area contributed by atoms with Gasteiger partial charge < -0.3 is 14.6 Å². The number of carbonyl (C=O) groups is 1. The molecule has 2 aromatic carbocycles. The zero-order chi connectivity index (χ0) is 22.2. The Morgan fingerprint density at radius 3 is 2.48 bits per heavy atom. The van der Waals surface area contributed by atoms with Gasteiger partial charge in [0.05, 0.1) is 11.3 Å². The van der Waals surface area contributed by atoms with Crippen molar-refractivity contribution in [2.24, 2.45) is 0 Å². The normalized spacial score (nSPS) is 11.0. The number of hydrogen-bond donors (Lipinski definition) is 1. The predicted molar refractivity (Wildman–Crippen MR) is 121 cm³/mol. The molecular weight excluding hydrogens is 390 g/mol. The summed E-state index contributed by atoms with van der Waals surface area (Å²) in [5, 5.41) is 6.98. The average molecular weight is 422 g/mol. The van der Waals surface area contributed by atoms with Gasteiger partial charge in [0.1, 0.15) is 18.1 Å². The third kappa shape index (κ3) is 5.95. The first kappa shape index (κ1) is 22.6. The van der Waals surface area contributed by atoms with Gasteiger partial charge in [0, 0.05) is 18.7 Å². The summed E-state index contributed by atoms with van der Waals surface area (Å²) >= 11 is 0. The van der Waals surface area contributed by atoms with Crippen molar-refractivity contribution in [3.8, 4) is 5.75 Å². The molecule has 1 amide bonds. The fourth-order valence-corrected chi connectivity index (χ4v) is 3.44. The van der Waals surface area contributed by atoms with Crippen LogP contribution in [0.1, 0.15) is 52.3 Å². The average Bonchev–Trinajstić information content (AvgIpc) is 3.12. The Balaban J connectivity index is 1.62. The molecule has 0 aliphatic carbocycles. The smallest absolute Gasteiger partial charge is 0.251 e. The molecule has 0 unspecified atom stereocenters. The molecule has 0 spiro atoms. The molecule has 1 N–H and O–H groups in total. The van der Waals surface area contributed by atoms with Gasteiger partial charge in [-0.25, -0.2) is 0 Å². The Hall–Kier alpha value is -3.12. The van der Waals surface area contributed by atoms with E-state index in [1.54, 1.807) is 12.1 Å². The highest BCUT2D eigenvalue weighted by atomic mass is 16.5. The lowest BCUT2D eigenvalue weighted by Gasteiger charge is -2.20. The SMILES string of the molecule is CCN(CC)Cc1ccccc1CNC(=O)c1cccc(OCc2c(C)noc2C)c1. The fraction of sp³-hybridized carbons (Fsp3) is 0.360. The third-order valence-corrected chi connectivity index (χ3v) is 5.51. The maximum absolute atomic E-state index is 12.8. The minimum atomic E-state index is -0.125. The van der Waals surface area contributed by atoms with E-state index in [2.05, 4.69) is 41.4 Å². The summed E-state index contributed by atoms with van der Waals surface area (Å²) in [7, 11) is 0. The number of hydrogen-bond acceptors (Lipinski definition) is 5. The first-order chi connectivity index (χ1) is 15.0. The Kier molecular flexibility index (Phi) is 7.84. The van der Waals surface area contributed by atoms with Crippen molar-refractivity contribution in [2.45, 2.75) is 47.4 Å². The Morgan fingerprint density at radius 2 is 1.81 bits per heavy atom. The molecule has 6 heteroatoms. The van der Waals surface area contributed by atoms with Gasteiger partial charge >= 0.3 is 0 Å². The highest BCUT2D eigenvalue weighted by molar-refractivity contribution is 5.94. The monoisotopic (exact) mass is 421 g/mol. The molecule has 0 aliphatic rings. The van der Waals surface area contributed by atoms with E-state index in [1.807, 2.05) is 38.1 Å². The number of ether oxygens (including phenoxy) is 1. The van der Waals surface area contributed by atoms with Crippen LogP contribution >= 0.6 is 0 Å². The highest BCUT2D eigenvalue weighted by Gasteiger charge is 2.12. The van der Waals surface area contributed by atoms with Crippen LogP contribution in [0.15, 0.2) is 53.1 Å². The zero-order valence-electron chi connectivity index (χ0n) is 18.8. The number of rotatable bonds is 10. The minimum absolute atomic E-state index is 0.125. The van der Waals surface area contributed by atoms with Gasteiger partial charge in [-0.15, -0.1) is 0 Å². The van der Waals surface area contributed by atoms with Crippen LogP contribution in [0.3, 0.4) is 0 Å². The maximum atomic E-state index is 12.8. The number of benzene rings is 2. The van der Waals surface area contributed by atoms with Gasteiger partial charge in [0.15, 0.2) is 0 Å². The van der Waals surface area contributed by atoms with Gasteiger partial charge in [0.25, 0.3) is 5.91 Å². The van der Waals surface area contributed by atoms with Crippen molar-refractivity contribution < 1.29 is 14.1 Å². The molecule has 0 atom stereocenters. The van der Waals surface area contributed by atoms with Crippen molar-refractivity contribution in [3.05, 3.63) is 82.2 Å². The zero-order valence-corrected chi connectivity index (χ0v) is 18.8. The number of aryl methyl sites for hydroxylation is 2. The standard InChI is InChI=1S/C25H31N3O3/c1-5-28(6-2)16-22-11-8-7-10-21(22)15-26-25(29)20-12-9-13-23(14-20)30-17-24-18(3)27-31-19(24)4/h7-14H,5-6,15-17H2,1-4H3,(H,26,29). The summed E-state index contributed by atoms with van der Waals surface area (Å²) in [6.07, 6.45) is 0. The van der Waals surface area contributed by atoms with E-state index in [1.165, 1.54) is 5.56 Å². The molecule has 0 bridgehead atoms. The number of aromatic nitrogens is 1. The quantitative estimate of drug-likeness (QED) is 0.516. The van der Waals surface area contributed by atoms with Crippen LogP contribution in [0.2, 0.25) is 0 Å². The summed E-state index contributed by atoms with van der Waals surface area (Å²) in [6.45, 7) is 11.8. The second-order valence-corrected chi connectivity index (χ2v) is 7.53. The maximum Gasteiger partial charge on any atom is 0.251 e. The fourth-order valence-electron chi connectivity index (χ4n) is 3.44. The summed E-state index contributed by atoms with van der Waals surface area (Å²) in [5.41, 5.74) is 4.68. The van der Waals surface area contributed by atoms with Crippen molar-refractivity contribution in [2.75, 3.05) is 13.1 Å². The lowest BCUT2D eigenvalue weighted by molar-refractivity contribution is 0.0950. The first-order valence-corrected chi connectivity index (χ1v) is 10.7. The molecule has 1 heterocycles. The Bertz CT molecular complexity index is 989. The van der Waals surface area contributed by atoms with Crippen molar-refractivity contribution >= 4 is 5.91 Å². The first-order valence-electron chi connectivity index (χ1n) is 10.7. The molecule has 164 valence electrons. The minimum Gasteiger partial charge on any atom is -0.489 e. The molecule has 0 radical (unpaired) electrons. The van der Waals surface area contributed by atoms with Crippen LogP contribution < -0.4 is 10.1 Å². The number of nitrogens with zero attached hydrogens (tertiary/aromatic N) is 2. The van der Waals surface area contributed by atoms with E-state index in [0.717, 1.165) is 42.2 Å². The Labute approximate surface area is 184 Å². The number of nitrogens with one attached hydrogen (secondary N) is 1. The van der Waals surface area contributed by atoms with Crippen molar-refractivity contribution in [3.63, 3.8) is 0 Å². The van der Waals surface area contributed by atoms with E-state index < -0.39 is 0 Å².